The van der Waals surface area contributed by atoms with Crippen LogP contribution >= 0.6 is 0 Å². The Hall–Kier alpha value is -1.43. The summed E-state index contributed by atoms with van der Waals surface area (Å²) in [6.45, 7) is 0.0362. The molecule has 0 aromatic carbocycles. The third-order valence-corrected chi connectivity index (χ3v) is 6.00. The summed E-state index contributed by atoms with van der Waals surface area (Å²) in [5.41, 5.74) is 6.56. The molecule has 1 unspecified atom stereocenters. The number of methoxy groups -OCH3 is 1. The Morgan fingerprint density at radius 2 is 2.11 bits per heavy atom. The Balaban J connectivity index is 0.00000210. The second-order valence-electron chi connectivity index (χ2n) is 7.41. The predicted molar refractivity (Wildman–Crippen MR) is 99.7 cm³/mol. The molecule has 10 heteroatoms. The average Bonchev–Trinajstić information content (AvgIpc) is 3.24. The molecule has 10 nitrogen and oxygen atoms in total. The largest absolute Gasteiger partial charge is 0.412 e. The molecule has 3 aliphatic heterocycles. The van der Waals surface area contributed by atoms with Gasteiger partial charge in [-0.1, -0.05) is 19.3 Å². The Morgan fingerprint density at radius 3 is 2.78 bits per heavy atom. The molecule has 0 aromatic rings. The van der Waals surface area contributed by atoms with Gasteiger partial charge in [0.2, 0.25) is 0 Å². The number of hydrogen-bond acceptors (Lipinski definition) is 9. The minimum Gasteiger partial charge on any atom is -0.412 e. The molecule has 5 atom stereocenters. The highest BCUT2D eigenvalue weighted by Gasteiger charge is 2.52. The van der Waals surface area contributed by atoms with Crippen molar-refractivity contribution in [2.75, 3.05) is 20.4 Å². The van der Waals surface area contributed by atoms with Crippen LogP contribution < -0.4 is 5.73 Å². The first kappa shape index (κ1) is 20.3. The molecule has 0 amide bonds. The van der Waals surface area contributed by atoms with Gasteiger partial charge in [-0.25, -0.2) is 9.98 Å². The van der Waals surface area contributed by atoms with Crippen molar-refractivity contribution < 1.29 is 25.2 Å². The van der Waals surface area contributed by atoms with Crippen LogP contribution in [-0.4, -0.2) is 89.1 Å². The molecule has 0 bridgehead atoms. The van der Waals surface area contributed by atoms with Gasteiger partial charge >= 0.3 is 0 Å². The van der Waals surface area contributed by atoms with E-state index in [2.05, 4.69) is 15.0 Å². The van der Waals surface area contributed by atoms with E-state index in [1.165, 1.54) is 19.9 Å². The Morgan fingerprint density at radius 1 is 1.37 bits per heavy atom. The van der Waals surface area contributed by atoms with Crippen LogP contribution in [0, 0.1) is 5.92 Å². The number of nitrogens with two attached hydrogens (primary N) is 1. The van der Waals surface area contributed by atoms with Gasteiger partial charge in [0.1, 0.15) is 37.0 Å². The lowest BCUT2D eigenvalue weighted by molar-refractivity contribution is -0.0765. The van der Waals surface area contributed by atoms with Gasteiger partial charge in [0.25, 0.3) is 0 Å². The molecule has 0 radical (unpaired) electrons. The van der Waals surface area contributed by atoms with Gasteiger partial charge in [0, 0.05) is 13.0 Å². The lowest BCUT2D eigenvalue weighted by Gasteiger charge is -2.39. The number of ether oxygens (including phenoxy) is 2. The van der Waals surface area contributed by atoms with E-state index in [-0.39, 0.29) is 18.0 Å². The minimum absolute atomic E-state index is 0. The summed E-state index contributed by atoms with van der Waals surface area (Å²) in [7, 11) is 1.52. The van der Waals surface area contributed by atoms with Crippen LogP contribution in [0.1, 0.15) is 32.1 Å². The molecular weight excluding hydrogens is 354 g/mol. The van der Waals surface area contributed by atoms with Gasteiger partial charge in [-0.3, -0.25) is 4.99 Å². The maximum atomic E-state index is 10.3. The van der Waals surface area contributed by atoms with Gasteiger partial charge in [0.05, 0.1) is 6.61 Å². The lowest BCUT2D eigenvalue weighted by Crippen LogP contribution is -2.59. The first-order valence-electron chi connectivity index (χ1n) is 9.29. The molecule has 0 aromatic heterocycles. The van der Waals surface area contributed by atoms with E-state index in [1.54, 1.807) is 0 Å². The molecule has 1 aliphatic carbocycles. The third-order valence-electron chi connectivity index (χ3n) is 6.00. The van der Waals surface area contributed by atoms with E-state index in [1.807, 2.05) is 4.90 Å². The smallest absolute Gasteiger partial charge is 0.162 e. The number of aliphatic hydroxyl groups is 2. The van der Waals surface area contributed by atoms with Crippen LogP contribution in [0.2, 0.25) is 0 Å². The second kappa shape index (κ2) is 7.90. The van der Waals surface area contributed by atoms with Gasteiger partial charge < -0.3 is 35.8 Å². The maximum Gasteiger partial charge on any atom is 0.162 e. The second-order valence-corrected chi connectivity index (χ2v) is 7.41. The van der Waals surface area contributed by atoms with E-state index in [9.17, 15) is 10.2 Å². The first-order chi connectivity index (χ1) is 12.6. The van der Waals surface area contributed by atoms with Gasteiger partial charge in [-0.2, -0.15) is 0 Å². The normalized spacial score (nSPS) is 39.0. The minimum atomic E-state index is -0.919. The molecule has 152 valence electrons. The van der Waals surface area contributed by atoms with E-state index in [4.69, 9.17) is 15.2 Å². The summed E-state index contributed by atoms with van der Waals surface area (Å²) in [6.07, 6.45) is 4.32. The van der Waals surface area contributed by atoms with Gasteiger partial charge in [-0.15, -0.1) is 0 Å². The predicted octanol–water partition coefficient (Wildman–Crippen LogP) is -1.36. The zero-order chi connectivity index (χ0) is 18.3. The molecule has 1 saturated heterocycles. The Kier molecular flexibility index (Phi) is 5.94. The molecule has 4 aliphatic rings. The summed E-state index contributed by atoms with van der Waals surface area (Å²) in [5.74, 6) is 0.876. The highest BCUT2D eigenvalue weighted by Crippen LogP contribution is 2.37. The summed E-state index contributed by atoms with van der Waals surface area (Å²) in [6, 6.07) is 0. The van der Waals surface area contributed by atoms with Crippen LogP contribution in [0.15, 0.2) is 15.0 Å². The lowest BCUT2D eigenvalue weighted by atomic mass is 9.77. The van der Waals surface area contributed by atoms with Crippen molar-refractivity contribution in [3.05, 3.63) is 0 Å². The number of amidine groups is 1. The van der Waals surface area contributed by atoms with Crippen molar-refractivity contribution in [2.24, 2.45) is 26.6 Å². The van der Waals surface area contributed by atoms with E-state index in [0.717, 1.165) is 25.7 Å². The summed E-state index contributed by atoms with van der Waals surface area (Å²) < 4.78 is 11.3. The van der Waals surface area contributed by atoms with Gasteiger partial charge in [0.15, 0.2) is 17.7 Å². The molecule has 3 heterocycles. The van der Waals surface area contributed by atoms with Crippen LogP contribution in [0.25, 0.3) is 0 Å². The standard InChI is InChI=1S/C17H27N5O4.H2O/c1-25-13-12(24)11(7-23)26-16(13)22-9-20-14-15(22)19-8-21-17(14,18)10-5-3-2-4-6-10;/h8,10-13,16,23-24H,2-7,9,18H2,1H3;1H2/t11-,12-,13-,16-,17?;/m1./s1. The van der Waals surface area contributed by atoms with E-state index < -0.39 is 30.2 Å². The number of fused-ring (bicyclic) bond motifs is 1. The highest BCUT2D eigenvalue weighted by atomic mass is 16.6. The number of aliphatic imine (C=N–C) groups is 3. The molecule has 6 N–H and O–H groups in total. The van der Waals surface area contributed by atoms with Crippen molar-refractivity contribution in [1.29, 1.82) is 0 Å². The van der Waals surface area contributed by atoms with Crippen molar-refractivity contribution in [3.8, 4) is 0 Å². The molecule has 4 rings (SSSR count). The number of nitrogens with zero attached hydrogens (tertiary/aromatic N) is 4. The monoisotopic (exact) mass is 383 g/mol. The van der Waals surface area contributed by atoms with Crippen LogP contribution in [0.3, 0.4) is 0 Å². The van der Waals surface area contributed by atoms with Crippen LogP contribution in [0.5, 0.6) is 0 Å². The first-order valence-corrected chi connectivity index (χ1v) is 9.29. The molecule has 0 spiro atoms. The number of rotatable bonds is 4. The summed E-state index contributed by atoms with van der Waals surface area (Å²) in [5, 5.41) is 19.8. The van der Waals surface area contributed by atoms with Crippen LogP contribution in [-0.2, 0) is 9.47 Å². The fourth-order valence-electron chi connectivity index (χ4n) is 4.52. The zero-order valence-corrected chi connectivity index (χ0v) is 15.5. The van der Waals surface area contributed by atoms with E-state index >= 15 is 0 Å². The van der Waals surface area contributed by atoms with E-state index in [0.29, 0.717) is 18.2 Å². The molecular formula is C17H29N5O5. The van der Waals surface area contributed by atoms with Crippen LogP contribution in [0.4, 0.5) is 0 Å². The highest BCUT2D eigenvalue weighted by molar-refractivity contribution is 6.47. The Bertz CT molecular complexity index is 635. The van der Waals surface area contributed by atoms with Crippen molar-refractivity contribution in [2.45, 2.75) is 62.3 Å². The van der Waals surface area contributed by atoms with Gasteiger partial charge in [-0.05, 0) is 12.8 Å². The number of hydrogen-bond donors (Lipinski definition) is 3. The molecule has 1 saturated carbocycles. The maximum absolute atomic E-state index is 10.3. The molecule has 27 heavy (non-hydrogen) atoms. The fraction of sp³-hybridized carbons (Fsp3) is 0.824. The third kappa shape index (κ3) is 3.20. The summed E-state index contributed by atoms with van der Waals surface area (Å²) in [4.78, 5) is 15.4. The zero-order valence-electron chi connectivity index (χ0n) is 15.5. The van der Waals surface area contributed by atoms with Crippen molar-refractivity contribution >= 4 is 17.9 Å². The number of aliphatic hydroxyl groups excluding tert-OH is 2. The van der Waals surface area contributed by atoms with Crippen molar-refractivity contribution in [3.63, 3.8) is 0 Å². The Labute approximate surface area is 158 Å². The summed E-state index contributed by atoms with van der Waals surface area (Å²) >= 11 is 0. The fourth-order valence-corrected chi connectivity index (χ4v) is 4.52. The SMILES string of the molecule is CO[C@@H]1[C@H](O)[C@@H](CO)O[C@H]1N1CN=C2C1=NC=NC2(N)C1CCCCC1.O. The van der Waals surface area contributed by atoms with Crippen molar-refractivity contribution in [1.82, 2.24) is 4.90 Å². The molecule has 2 fully saturated rings. The quantitative estimate of drug-likeness (QED) is 0.544. The topological polar surface area (TPSA) is 157 Å². The average molecular weight is 383 g/mol.